The number of nitrogens with zero attached hydrogens (tertiary/aromatic N) is 5. The first kappa shape index (κ1) is 17.3. The first-order valence-electron chi connectivity index (χ1n) is 7.86. The van der Waals surface area contributed by atoms with Crippen LogP contribution in [-0.4, -0.2) is 37.3 Å². The Morgan fingerprint density at radius 1 is 1.35 bits per heavy atom. The maximum Gasteiger partial charge on any atom is 0.390 e. The van der Waals surface area contributed by atoms with E-state index < -0.39 is 10.8 Å². The molecule has 3 aromatic rings. The van der Waals surface area contributed by atoms with E-state index in [0.29, 0.717) is 18.7 Å². The second-order valence-corrected chi connectivity index (χ2v) is 5.57. The van der Waals surface area contributed by atoms with Gasteiger partial charge >= 0.3 is 17.6 Å². The fourth-order valence-electron chi connectivity index (χ4n) is 2.33. The lowest BCUT2D eigenvalue weighted by Crippen LogP contribution is -2.26. The van der Waals surface area contributed by atoms with Crippen molar-refractivity contribution in [3.63, 3.8) is 0 Å². The molecule has 0 fully saturated rings. The monoisotopic (exact) mass is 356 g/mol. The molecule has 0 atom stereocenters. The molecule has 1 aromatic carbocycles. The molecular formula is C16H16N6O4. The van der Waals surface area contributed by atoms with Crippen LogP contribution in [0.2, 0.25) is 0 Å². The Labute approximate surface area is 148 Å². The predicted octanol–water partition coefficient (Wildman–Crippen LogP) is 1.50. The molecule has 0 saturated carbocycles. The van der Waals surface area contributed by atoms with Crippen molar-refractivity contribution in [2.45, 2.75) is 19.9 Å². The number of aryl methyl sites for hydroxylation is 1. The second-order valence-electron chi connectivity index (χ2n) is 5.57. The minimum absolute atomic E-state index is 0.0699. The predicted molar refractivity (Wildman–Crippen MR) is 89.5 cm³/mol. The van der Waals surface area contributed by atoms with E-state index in [1.165, 1.54) is 10.7 Å². The summed E-state index contributed by atoms with van der Waals surface area (Å²) in [5.74, 6) is -0.681. The number of amides is 1. The number of aromatic nitrogens is 4. The average molecular weight is 356 g/mol. The van der Waals surface area contributed by atoms with Crippen LogP contribution in [0.15, 0.2) is 40.9 Å². The van der Waals surface area contributed by atoms with Crippen molar-refractivity contribution in [1.29, 1.82) is 0 Å². The summed E-state index contributed by atoms with van der Waals surface area (Å²) in [6.45, 7) is 2.18. The van der Waals surface area contributed by atoms with Crippen molar-refractivity contribution in [1.82, 2.24) is 25.2 Å². The van der Waals surface area contributed by atoms with E-state index in [1.807, 2.05) is 30.3 Å². The molecule has 10 heteroatoms. The summed E-state index contributed by atoms with van der Waals surface area (Å²) in [6.07, 6.45) is 0.684. The Morgan fingerprint density at radius 2 is 2.12 bits per heavy atom. The molecule has 2 heterocycles. The van der Waals surface area contributed by atoms with Crippen LogP contribution >= 0.6 is 0 Å². The van der Waals surface area contributed by atoms with E-state index in [9.17, 15) is 14.9 Å². The van der Waals surface area contributed by atoms with E-state index in [1.54, 1.807) is 6.92 Å². The smallest absolute Gasteiger partial charge is 0.358 e. The van der Waals surface area contributed by atoms with Crippen LogP contribution in [0.4, 0.5) is 5.82 Å². The molecular weight excluding hydrogens is 340 g/mol. The van der Waals surface area contributed by atoms with Gasteiger partial charge in [-0.15, -0.1) is 0 Å². The van der Waals surface area contributed by atoms with Crippen molar-refractivity contribution in [3.8, 4) is 0 Å². The Hall–Kier alpha value is -3.56. The molecule has 26 heavy (non-hydrogen) atoms. The molecule has 0 radical (unpaired) electrons. The van der Waals surface area contributed by atoms with Crippen LogP contribution in [-0.2, 0) is 13.0 Å². The molecule has 134 valence electrons. The molecule has 0 aliphatic heterocycles. The van der Waals surface area contributed by atoms with Crippen molar-refractivity contribution in [3.05, 3.63) is 69.5 Å². The zero-order chi connectivity index (χ0) is 18.5. The van der Waals surface area contributed by atoms with E-state index in [0.717, 1.165) is 5.56 Å². The second kappa shape index (κ2) is 7.55. The van der Waals surface area contributed by atoms with Gasteiger partial charge in [-0.3, -0.25) is 4.79 Å². The van der Waals surface area contributed by atoms with Gasteiger partial charge in [0.2, 0.25) is 0 Å². The summed E-state index contributed by atoms with van der Waals surface area (Å²) in [7, 11) is 0. The van der Waals surface area contributed by atoms with E-state index >= 15 is 0 Å². The van der Waals surface area contributed by atoms with Crippen molar-refractivity contribution >= 4 is 11.7 Å². The summed E-state index contributed by atoms with van der Waals surface area (Å²) >= 11 is 0. The normalized spacial score (nSPS) is 10.7. The molecule has 2 aromatic heterocycles. The van der Waals surface area contributed by atoms with Gasteiger partial charge in [-0.05, 0) is 23.8 Å². The van der Waals surface area contributed by atoms with Gasteiger partial charge in [0.1, 0.15) is 6.54 Å². The van der Waals surface area contributed by atoms with Gasteiger partial charge in [0.05, 0.1) is 16.9 Å². The standard InChI is InChI=1S/C16H16N6O4/c1-11-9-14(22(24)25)19-21(11)10-13-18-16(26-20-13)15(23)17-8-7-12-5-3-2-4-6-12/h2-6,9H,7-8,10H2,1H3,(H,17,23). The van der Waals surface area contributed by atoms with Gasteiger partial charge in [-0.1, -0.05) is 35.5 Å². The number of nitro groups is 1. The third-order valence-electron chi connectivity index (χ3n) is 3.65. The van der Waals surface area contributed by atoms with Crippen molar-refractivity contribution in [2.75, 3.05) is 6.54 Å². The van der Waals surface area contributed by atoms with Gasteiger partial charge in [0, 0.05) is 6.54 Å². The zero-order valence-electron chi connectivity index (χ0n) is 14.0. The lowest BCUT2D eigenvalue weighted by atomic mass is 10.1. The topological polar surface area (TPSA) is 129 Å². The molecule has 1 amide bonds. The average Bonchev–Trinajstić information content (AvgIpc) is 3.24. The molecule has 0 aliphatic rings. The minimum Gasteiger partial charge on any atom is -0.358 e. The Kier molecular flexibility index (Phi) is 5.02. The summed E-state index contributed by atoms with van der Waals surface area (Å²) in [6, 6.07) is 11.1. The number of nitrogens with one attached hydrogen (secondary N) is 1. The van der Waals surface area contributed by atoms with Gasteiger partial charge in [0.15, 0.2) is 5.82 Å². The quantitative estimate of drug-likeness (QED) is 0.501. The fraction of sp³-hybridized carbons (Fsp3) is 0.250. The zero-order valence-corrected chi connectivity index (χ0v) is 14.0. The van der Waals surface area contributed by atoms with Gasteiger partial charge in [0.25, 0.3) is 0 Å². The molecule has 0 unspecified atom stereocenters. The summed E-state index contributed by atoms with van der Waals surface area (Å²) in [5.41, 5.74) is 1.69. The van der Waals surface area contributed by atoms with Crippen LogP contribution < -0.4 is 5.32 Å². The summed E-state index contributed by atoms with van der Waals surface area (Å²) < 4.78 is 6.32. The minimum atomic E-state index is -0.578. The molecule has 0 saturated heterocycles. The fourth-order valence-corrected chi connectivity index (χ4v) is 2.33. The molecule has 0 aliphatic carbocycles. The highest BCUT2D eigenvalue weighted by Gasteiger charge is 2.19. The lowest BCUT2D eigenvalue weighted by molar-refractivity contribution is -0.389. The lowest BCUT2D eigenvalue weighted by Gasteiger charge is -2.02. The Morgan fingerprint density at radius 3 is 2.81 bits per heavy atom. The number of hydrogen-bond acceptors (Lipinski definition) is 7. The van der Waals surface area contributed by atoms with Gasteiger partial charge in [-0.2, -0.15) is 9.67 Å². The molecule has 0 bridgehead atoms. The van der Waals surface area contributed by atoms with Crippen LogP contribution in [0.5, 0.6) is 0 Å². The third kappa shape index (κ3) is 4.09. The first-order valence-corrected chi connectivity index (χ1v) is 7.86. The highest BCUT2D eigenvalue weighted by Crippen LogP contribution is 2.12. The largest absolute Gasteiger partial charge is 0.390 e. The highest BCUT2D eigenvalue weighted by molar-refractivity contribution is 5.89. The first-order chi connectivity index (χ1) is 12.5. The number of hydrogen-bond donors (Lipinski definition) is 1. The van der Waals surface area contributed by atoms with Crippen molar-refractivity contribution in [2.24, 2.45) is 0 Å². The highest BCUT2D eigenvalue weighted by atomic mass is 16.6. The maximum absolute atomic E-state index is 12.0. The van der Waals surface area contributed by atoms with Crippen LogP contribution in [0.1, 0.15) is 27.8 Å². The van der Waals surface area contributed by atoms with Crippen LogP contribution in [0.3, 0.4) is 0 Å². The molecule has 3 rings (SSSR count). The number of benzene rings is 1. The SMILES string of the molecule is Cc1cc([N+](=O)[O-])nn1Cc1noc(C(=O)NCCc2ccccc2)n1. The van der Waals surface area contributed by atoms with Crippen molar-refractivity contribution < 1.29 is 14.2 Å². The number of carbonyl (C=O) groups is 1. The molecule has 10 nitrogen and oxygen atoms in total. The van der Waals surface area contributed by atoms with E-state index in [-0.39, 0.29) is 24.1 Å². The maximum atomic E-state index is 12.0. The number of carbonyl (C=O) groups excluding carboxylic acids is 1. The summed E-state index contributed by atoms with van der Waals surface area (Å²) in [4.78, 5) is 26.2. The van der Waals surface area contributed by atoms with Gasteiger partial charge < -0.3 is 20.0 Å². The Balaban J connectivity index is 1.57. The Bertz CT molecular complexity index is 918. The van der Waals surface area contributed by atoms with E-state index in [4.69, 9.17) is 4.52 Å². The third-order valence-corrected chi connectivity index (χ3v) is 3.65. The summed E-state index contributed by atoms with van der Waals surface area (Å²) in [5, 5.41) is 21.0. The van der Waals surface area contributed by atoms with E-state index in [2.05, 4.69) is 20.6 Å². The van der Waals surface area contributed by atoms with Gasteiger partial charge in [-0.25, -0.2) is 0 Å². The molecule has 0 spiro atoms. The molecule has 1 N–H and O–H groups in total. The van der Waals surface area contributed by atoms with Crippen LogP contribution in [0, 0.1) is 17.0 Å². The number of rotatable bonds is 7. The van der Waals surface area contributed by atoms with Crippen LogP contribution in [0.25, 0.3) is 0 Å².